The highest BCUT2D eigenvalue weighted by atomic mass is 16.3. The summed E-state index contributed by atoms with van der Waals surface area (Å²) in [4.78, 5) is 0. The molecule has 0 saturated heterocycles. The summed E-state index contributed by atoms with van der Waals surface area (Å²) in [5.41, 5.74) is 0.0520. The van der Waals surface area contributed by atoms with E-state index in [1.54, 1.807) is 6.92 Å². The van der Waals surface area contributed by atoms with Crippen LogP contribution in [0.25, 0.3) is 0 Å². The molecule has 2 nitrogen and oxygen atoms in total. The average Bonchev–Trinajstić information content (AvgIpc) is 1.83. The Morgan fingerprint density at radius 1 is 1.45 bits per heavy atom. The Hall–Kier alpha value is -0.520. The summed E-state index contributed by atoms with van der Waals surface area (Å²) in [5.74, 6) is 5.32. The lowest BCUT2D eigenvalue weighted by molar-refractivity contribution is 0.213. The van der Waals surface area contributed by atoms with E-state index in [1.807, 2.05) is 0 Å². The molecule has 2 N–H and O–H groups in total. The van der Waals surface area contributed by atoms with E-state index < -0.39 is 6.10 Å². The molecule has 2 heteroatoms. The molecule has 0 bridgehead atoms. The molecule has 0 aliphatic heterocycles. The molecule has 0 radical (unpaired) electrons. The minimum atomic E-state index is -0.542. The van der Waals surface area contributed by atoms with Gasteiger partial charge in [-0.2, -0.15) is 0 Å². The number of hydrogen-bond acceptors (Lipinski definition) is 2. The van der Waals surface area contributed by atoms with Gasteiger partial charge in [0.15, 0.2) is 0 Å². The van der Waals surface area contributed by atoms with Crippen LogP contribution in [0, 0.1) is 11.8 Å². The second-order valence-corrected chi connectivity index (χ2v) is 3.54. The summed E-state index contributed by atoms with van der Waals surface area (Å²) in [6.45, 7) is 8.42. The lowest BCUT2D eigenvalue weighted by Gasteiger charge is -2.21. The van der Waals surface area contributed by atoms with Gasteiger partial charge in [0.2, 0.25) is 0 Å². The molecule has 1 atom stereocenters. The zero-order chi connectivity index (χ0) is 8.91. The molecule has 64 valence electrons. The van der Waals surface area contributed by atoms with E-state index in [0.717, 1.165) is 0 Å². The van der Waals surface area contributed by atoms with Crippen LogP contribution in [0.15, 0.2) is 0 Å². The molecule has 0 aliphatic rings. The quantitative estimate of drug-likeness (QED) is 0.577. The highest BCUT2D eigenvalue weighted by Crippen LogP contribution is 1.97. The molecular formula is C9H17NO. The second-order valence-electron chi connectivity index (χ2n) is 3.54. The summed E-state index contributed by atoms with van der Waals surface area (Å²) < 4.78 is 0. The van der Waals surface area contributed by atoms with E-state index in [9.17, 15) is 5.11 Å². The Morgan fingerprint density at radius 3 is 2.36 bits per heavy atom. The topological polar surface area (TPSA) is 32.3 Å². The van der Waals surface area contributed by atoms with Gasteiger partial charge in [-0.15, -0.1) is 5.92 Å². The summed E-state index contributed by atoms with van der Waals surface area (Å²) in [6.07, 6.45) is -0.542. The summed E-state index contributed by atoms with van der Waals surface area (Å²) >= 11 is 0. The van der Waals surface area contributed by atoms with Gasteiger partial charge in [-0.1, -0.05) is 5.92 Å². The van der Waals surface area contributed by atoms with Crippen LogP contribution in [0.5, 0.6) is 0 Å². The summed E-state index contributed by atoms with van der Waals surface area (Å²) in [6, 6.07) is 0. The minimum Gasteiger partial charge on any atom is -0.379 e. The van der Waals surface area contributed by atoms with E-state index in [2.05, 4.69) is 37.9 Å². The van der Waals surface area contributed by atoms with Crippen LogP contribution in [0.4, 0.5) is 0 Å². The standard InChI is InChI=1S/C9H17NO/c1-5-6-8(11)7-10-9(2,3)4/h8,10-11H,7H2,1-4H3. The maximum atomic E-state index is 9.18. The Kier molecular flexibility index (Phi) is 4.17. The third-order valence-electron chi connectivity index (χ3n) is 1.14. The van der Waals surface area contributed by atoms with Crippen molar-refractivity contribution >= 4 is 0 Å². The van der Waals surface area contributed by atoms with E-state index in [1.165, 1.54) is 0 Å². The summed E-state index contributed by atoms with van der Waals surface area (Å²) in [5, 5.41) is 12.3. The van der Waals surface area contributed by atoms with Gasteiger partial charge in [0.1, 0.15) is 6.10 Å². The minimum absolute atomic E-state index is 0.0520. The van der Waals surface area contributed by atoms with Crippen molar-refractivity contribution in [3.63, 3.8) is 0 Å². The summed E-state index contributed by atoms with van der Waals surface area (Å²) in [7, 11) is 0. The van der Waals surface area contributed by atoms with Crippen molar-refractivity contribution in [3.05, 3.63) is 0 Å². The molecular weight excluding hydrogens is 138 g/mol. The van der Waals surface area contributed by atoms with Crippen molar-refractivity contribution in [2.45, 2.75) is 39.3 Å². The van der Waals surface area contributed by atoms with Gasteiger partial charge in [-0.3, -0.25) is 0 Å². The Balaban J connectivity index is 3.60. The van der Waals surface area contributed by atoms with E-state index in [0.29, 0.717) is 6.54 Å². The van der Waals surface area contributed by atoms with Crippen molar-refractivity contribution in [1.82, 2.24) is 5.32 Å². The van der Waals surface area contributed by atoms with E-state index in [4.69, 9.17) is 0 Å². The molecule has 0 fully saturated rings. The SMILES string of the molecule is CC#CC(O)CNC(C)(C)C. The third-order valence-corrected chi connectivity index (χ3v) is 1.14. The normalized spacial score (nSPS) is 13.5. The highest BCUT2D eigenvalue weighted by molar-refractivity contribution is 5.02. The van der Waals surface area contributed by atoms with Crippen LogP contribution in [-0.2, 0) is 0 Å². The number of nitrogens with one attached hydrogen (secondary N) is 1. The predicted molar refractivity (Wildman–Crippen MR) is 47.2 cm³/mol. The Morgan fingerprint density at radius 2 is 2.00 bits per heavy atom. The van der Waals surface area contributed by atoms with Gasteiger partial charge >= 0.3 is 0 Å². The van der Waals surface area contributed by atoms with Crippen LogP contribution in [0.3, 0.4) is 0 Å². The molecule has 0 aliphatic carbocycles. The van der Waals surface area contributed by atoms with Gasteiger partial charge < -0.3 is 10.4 Å². The number of aliphatic hydroxyl groups excluding tert-OH is 1. The molecule has 0 aromatic carbocycles. The average molecular weight is 155 g/mol. The predicted octanol–water partition coefficient (Wildman–Crippen LogP) is 0.759. The number of hydrogen-bond donors (Lipinski definition) is 2. The van der Waals surface area contributed by atoms with E-state index in [-0.39, 0.29) is 5.54 Å². The van der Waals surface area contributed by atoms with Crippen molar-refractivity contribution < 1.29 is 5.11 Å². The van der Waals surface area contributed by atoms with Crippen LogP contribution in [-0.4, -0.2) is 23.3 Å². The fourth-order valence-electron chi connectivity index (χ4n) is 0.621. The maximum absolute atomic E-state index is 9.18. The zero-order valence-corrected chi connectivity index (χ0v) is 7.73. The molecule has 11 heavy (non-hydrogen) atoms. The molecule has 0 amide bonds. The van der Waals surface area contributed by atoms with Crippen LogP contribution < -0.4 is 5.32 Å². The van der Waals surface area contributed by atoms with Crippen molar-refractivity contribution in [3.8, 4) is 11.8 Å². The molecule has 0 saturated carbocycles. The first kappa shape index (κ1) is 10.5. The first-order chi connectivity index (χ1) is 4.95. The fraction of sp³-hybridized carbons (Fsp3) is 0.778. The lowest BCUT2D eigenvalue weighted by atomic mass is 10.1. The third kappa shape index (κ3) is 7.38. The maximum Gasteiger partial charge on any atom is 0.127 e. The monoisotopic (exact) mass is 155 g/mol. The molecule has 0 aromatic heterocycles. The lowest BCUT2D eigenvalue weighted by Crippen LogP contribution is -2.40. The van der Waals surface area contributed by atoms with Crippen LogP contribution >= 0.6 is 0 Å². The van der Waals surface area contributed by atoms with Gasteiger partial charge in [0.25, 0.3) is 0 Å². The van der Waals surface area contributed by atoms with E-state index >= 15 is 0 Å². The van der Waals surface area contributed by atoms with Gasteiger partial charge in [0.05, 0.1) is 0 Å². The van der Waals surface area contributed by atoms with Crippen molar-refractivity contribution in [2.75, 3.05) is 6.54 Å². The van der Waals surface area contributed by atoms with Crippen molar-refractivity contribution in [1.29, 1.82) is 0 Å². The largest absolute Gasteiger partial charge is 0.379 e. The Labute approximate surface area is 69.0 Å². The number of rotatable bonds is 2. The first-order valence-corrected chi connectivity index (χ1v) is 3.81. The number of aliphatic hydroxyl groups is 1. The van der Waals surface area contributed by atoms with Gasteiger partial charge in [0, 0.05) is 12.1 Å². The highest BCUT2D eigenvalue weighted by Gasteiger charge is 2.09. The second kappa shape index (κ2) is 4.38. The zero-order valence-electron chi connectivity index (χ0n) is 7.73. The fourth-order valence-corrected chi connectivity index (χ4v) is 0.621. The molecule has 1 unspecified atom stereocenters. The van der Waals surface area contributed by atoms with Crippen LogP contribution in [0.1, 0.15) is 27.7 Å². The smallest absolute Gasteiger partial charge is 0.127 e. The van der Waals surface area contributed by atoms with Crippen molar-refractivity contribution in [2.24, 2.45) is 0 Å². The molecule has 0 rings (SSSR count). The molecule has 0 heterocycles. The van der Waals surface area contributed by atoms with Gasteiger partial charge in [-0.05, 0) is 27.7 Å². The molecule has 0 spiro atoms. The number of β-amino-alcohol motifs (C(OH)–C–C–N with tert-alkyl or cyclic N) is 1. The first-order valence-electron chi connectivity index (χ1n) is 3.81. The van der Waals surface area contributed by atoms with Crippen LogP contribution in [0.2, 0.25) is 0 Å². The Bertz CT molecular complexity index is 159. The van der Waals surface area contributed by atoms with Gasteiger partial charge in [-0.25, -0.2) is 0 Å². The molecule has 0 aromatic rings.